The van der Waals surface area contributed by atoms with E-state index < -0.39 is 0 Å². The van der Waals surface area contributed by atoms with Crippen LogP contribution in [0, 0.1) is 5.69 Å². The molecule has 0 radical (unpaired) electrons. The van der Waals surface area contributed by atoms with Crippen molar-refractivity contribution in [1.29, 1.82) is 0 Å². The lowest BCUT2D eigenvalue weighted by molar-refractivity contribution is 0.402. The van der Waals surface area contributed by atoms with Gasteiger partial charge in [0.05, 0.1) is 10.6 Å². The zero-order valence-electron chi connectivity index (χ0n) is 9.40. The molecule has 0 aliphatic carbocycles. The predicted molar refractivity (Wildman–Crippen MR) is 67.6 cm³/mol. The van der Waals surface area contributed by atoms with Gasteiger partial charge < -0.3 is 20.4 Å². The zero-order valence-corrected chi connectivity index (χ0v) is 10.2. The molecule has 0 spiro atoms. The minimum absolute atomic E-state index is 0.148. The average molecular weight is 240 g/mol. The number of benzene rings is 1. The van der Waals surface area contributed by atoms with Crippen LogP contribution >= 0.6 is 11.2 Å². The molecule has 0 heterocycles. The second-order valence-electron chi connectivity index (χ2n) is 3.68. The topological polar surface area (TPSA) is 55.7 Å². The Labute approximate surface area is 99.1 Å². The van der Waals surface area contributed by atoms with Crippen molar-refractivity contribution >= 4 is 16.9 Å². The first-order valence-electron chi connectivity index (χ1n) is 4.86. The molecule has 0 bridgehead atoms. The lowest BCUT2D eigenvalue weighted by Crippen LogP contribution is -2.20. The summed E-state index contributed by atoms with van der Waals surface area (Å²) in [6, 6.07) is 2.91. The molecule has 0 aliphatic heterocycles. The van der Waals surface area contributed by atoms with Crippen LogP contribution in [0.1, 0.15) is 0 Å². The van der Waals surface area contributed by atoms with Crippen LogP contribution in [-0.2, 0) is 0 Å². The van der Waals surface area contributed by atoms with Gasteiger partial charge in [-0.05, 0) is 14.1 Å². The summed E-state index contributed by atoms with van der Waals surface area (Å²) in [6.45, 7) is 1.61. The van der Waals surface area contributed by atoms with E-state index in [1.54, 1.807) is 0 Å². The maximum Gasteiger partial charge on any atom is 0.159 e. The maximum absolute atomic E-state index is 9.38. The van der Waals surface area contributed by atoms with Crippen LogP contribution in [0.4, 0.5) is 5.69 Å². The van der Waals surface area contributed by atoms with Gasteiger partial charge in [-0.1, -0.05) is 11.2 Å². The highest BCUT2D eigenvalue weighted by atomic mass is 32.1. The van der Waals surface area contributed by atoms with Crippen LogP contribution in [0.3, 0.4) is 0 Å². The minimum Gasteiger partial charge on any atom is -0.504 e. The summed E-state index contributed by atoms with van der Waals surface area (Å²) in [5.41, 5.74) is 6.20. The number of anilines is 1. The third kappa shape index (κ3) is 3.31. The number of likely N-dealkylation sites (N-methyl/N-ethyl adjacent to an activating group) is 1. The van der Waals surface area contributed by atoms with Crippen molar-refractivity contribution in [2.24, 2.45) is 0 Å². The highest BCUT2D eigenvalue weighted by Gasteiger charge is 2.06. The van der Waals surface area contributed by atoms with Crippen molar-refractivity contribution in [2.45, 2.75) is 4.90 Å². The van der Waals surface area contributed by atoms with Crippen molar-refractivity contribution in [2.75, 3.05) is 32.5 Å². The van der Waals surface area contributed by atoms with Gasteiger partial charge in [0.2, 0.25) is 0 Å². The fourth-order valence-electron chi connectivity index (χ4n) is 1.21. The molecule has 88 valence electrons. The van der Waals surface area contributed by atoms with Crippen LogP contribution in [-0.4, -0.2) is 42.3 Å². The van der Waals surface area contributed by atoms with Gasteiger partial charge in [0, 0.05) is 25.2 Å². The number of hydrogen-bond donors (Lipinski definition) is 3. The van der Waals surface area contributed by atoms with E-state index in [0.29, 0.717) is 4.90 Å². The number of rotatable bonds is 4. The molecule has 1 rings (SSSR count). The Balaban J connectivity index is 2.79. The molecule has 0 fully saturated rings. The van der Waals surface area contributed by atoms with Crippen molar-refractivity contribution in [3.63, 3.8) is 0 Å². The highest BCUT2D eigenvalue weighted by Crippen LogP contribution is 2.33. The average Bonchev–Trinajstić information content (AvgIpc) is 2.22. The van der Waals surface area contributed by atoms with Gasteiger partial charge in [0.1, 0.15) is 0 Å². The third-order valence-electron chi connectivity index (χ3n) is 2.08. The van der Waals surface area contributed by atoms with E-state index in [4.69, 9.17) is 5.69 Å². The lowest BCUT2D eigenvalue weighted by Gasteiger charge is -2.13. The van der Waals surface area contributed by atoms with Crippen LogP contribution < -0.4 is 5.32 Å². The molecular formula is C11H16N2O2S. The Morgan fingerprint density at radius 2 is 1.94 bits per heavy atom. The first kappa shape index (κ1) is 12.6. The number of phenols is 2. The Kier molecular flexibility index (Phi) is 4.43. The summed E-state index contributed by atoms with van der Waals surface area (Å²) >= 11 is 1.03. The van der Waals surface area contributed by atoms with Gasteiger partial charge in [-0.15, -0.1) is 5.69 Å². The number of nitrogens with one attached hydrogen (secondary N) is 1. The third-order valence-corrected chi connectivity index (χ3v) is 2.67. The van der Waals surface area contributed by atoms with Crippen molar-refractivity contribution < 1.29 is 10.2 Å². The number of nitrogens with zero attached hydrogens (tertiary/aromatic N) is 1. The highest BCUT2D eigenvalue weighted by molar-refractivity contribution is 7.88. The van der Waals surface area contributed by atoms with Gasteiger partial charge in [-0.25, -0.2) is 0 Å². The first-order chi connectivity index (χ1) is 7.54. The van der Waals surface area contributed by atoms with Gasteiger partial charge in [-0.3, -0.25) is 0 Å². The molecule has 0 atom stereocenters. The number of aromatic hydroxyl groups is 2. The molecule has 0 unspecified atom stereocenters. The fourth-order valence-corrected chi connectivity index (χ4v) is 1.65. The van der Waals surface area contributed by atoms with Crippen molar-refractivity contribution in [1.82, 2.24) is 4.90 Å². The summed E-state index contributed by atoms with van der Waals surface area (Å²) in [5, 5.41) is 21.8. The molecule has 0 aliphatic rings. The standard InChI is InChI=1S/C11H16N2O2S/c1-13(2)5-4-12-8-6-9(14)10(15)7-11(8)16-3/h3,6-7,12,14-15H,4-5H2,1-2H3. The van der Waals surface area contributed by atoms with Crippen LogP contribution in [0.25, 0.3) is 0 Å². The summed E-state index contributed by atoms with van der Waals surface area (Å²) in [6.07, 6.45) is 0. The molecule has 0 saturated heterocycles. The minimum atomic E-state index is -0.161. The zero-order chi connectivity index (χ0) is 12.1. The molecule has 4 nitrogen and oxygen atoms in total. The monoisotopic (exact) mass is 240 g/mol. The van der Waals surface area contributed by atoms with E-state index in [1.807, 2.05) is 19.0 Å². The Hall–Kier alpha value is -1.42. The molecule has 0 amide bonds. The second-order valence-corrected chi connectivity index (χ2v) is 4.36. The molecule has 0 saturated carbocycles. The predicted octanol–water partition coefficient (Wildman–Crippen LogP) is 1.75. The van der Waals surface area contributed by atoms with Crippen LogP contribution in [0.2, 0.25) is 0 Å². The van der Waals surface area contributed by atoms with Gasteiger partial charge in [-0.2, -0.15) is 0 Å². The van der Waals surface area contributed by atoms with E-state index in [0.717, 1.165) is 29.9 Å². The molecule has 5 heteroatoms. The second kappa shape index (κ2) is 5.61. The maximum atomic E-state index is 9.38. The van der Waals surface area contributed by atoms with E-state index >= 15 is 0 Å². The van der Waals surface area contributed by atoms with E-state index in [9.17, 15) is 10.2 Å². The first-order valence-corrected chi connectivity index (χ1v) is 5.74. The number of phenolic OH excluding ortho intramolecular Hbond substituents is 2. The molecule has 1 aromatic carbocycles. The van der Waals surface area contributed by atoms with Crippen molar-refractivity contribution in [3.05, 3.63) is 12.1 Å². The number of hydrogen-bond acceptors (Lipinski definition) is 4. The quantitative estimate of drug-likeness (QED) is 0.554. The van der Waals surface area contributed by atoms with Gasteiger partial charge in [0.25, 0.3) is 0 Å². The Morgan fingerprint density at radius 1 is 1.31 bits per heavy atom. The summed E-state index contributed by atoms with van der Waals surface area (Å²) < 4.78 is 0. The SMILES string of the molecule is C#Sc1cc(O)c(O)cc1NCCN(C)C. The summed E-state index contributed by atoms with van der Waals surface area (Å²) in [4.78, 5) is 2.75. The van der Waals surface area contributed by atoms with Crippen molar-refractivity contribution in [3.8, 4) is 17.2 Å². The molecule has 3 N–H and O–H groups in total. The Bertz CT molecular complexity index is 413. The lowest BCUT2D eigenvalue weighted by atomic mass is 10.2. The molecule has 1 aromatic rings. The molecular weight excluding hydrogens is 224 g/mol. The van der Waals surface area contributed by atoms with Gasteiger partial charge >= 0.3 is 0 Å². The summed E-state index contributed by atoms with van der Waals surface area (Å²) in [5.74, 6) is -0.309. The smallest absolute Gasteiger partial charge is 0.159 e. The van der Waals surface area contributed by atoms with Gasteiger partial charge in [0.15, 0.2) is 11.5 Å². The van der Waals surface area contributed by atoms with E-state index in [1.165, 1.54) is 12.1 Å². The van der Waals surface area contributed by atoms with E-state index in [2.05, 4.69) is 5.32 Å². The molecule has 16 heavy (non-hydrogen) atoms. The fraction of sp³-hybridized carbons (Fsp3) is 0.364. The Morgan fingerprint density at radius 3 is 2.50 bits per heavy atom. The normalized spacial score (nSPS) is 10.4. The summed E-state index contributed by atoms with van der Waals surface area (Å²) in [7, 11) is 3.96. The van der Waals surface area contributed by atoms with Crippen LogP contribution in [0.15, 0.2) is 17.0 Å². The van der Waals surface area contributed by atoms with E-state index in [-0.39, 0.29) is 11.5 Å². The molecule has 0 aromatic heterocycles. The largest absolute Gasteiger partial charge is 0.504 e. The van der Waals surface area contributed by atoms with Crippen LogP contribution in [0.5, 0.6) is 11.5 Å².